The third-order valence-electron chi connectivity index (χ3n) is 3.02. The van der Waals surface area contributed by atoms with Crippen molar-refractivity contribution in [2.75, 3.05) is 0 Å². The van der Waals surface area contributed by atoms with Gasteiger partial charge in [0.15, 0.2) is 11.6 Å². The van der Waals surface area contributed by atoms with Gasteiger partial charge in [0.05, 0.1) is 22.6 Å². The first-order valence-electron chi connectivity index (χ1n) is 5.89. The minimum absolute atomic E-state index is 0.0239. The Morgan fingerprint density at radius 1 is 1.14 bits per heavy atom. The molecule has 0 atom stereocenters. The zero-order chi connectivity index (χ0) is 15.1. The van der Waals surface area contributed by atoms with Gasteiger partial charge in [0.25, 0.3) is 0 Å². The highest BCUT2D eigenvalue weighted by molar-refractivity contribution is 9.10. The zero-order valence-electron chi connectivity index (χ0n) is 10.4. The molecule has 0 N–H and O–H groups in total. The molecule has 0 saturated carbocycles. The van der Waals surface area contributed by atoms with E-state index in [-0.39, 0.29) is 11.6 Å². The van der Waals surface area contributed by atoms with E-state index in [1.54, 1.807) is 18.2 Å². The molecule has 0 aliphatic rings. The highest BCUT2D eigenvalue weighted by Crippen LogP contribution is 2.28. The number of rotatable bonds is 2. The number of imidazole rings is 1. The highest BCUT2D eigenvalue weighted by atomic mass is 79.9. The zero-order valence-corrected chi connectivity index (χ0v) is 12.7. The molecule has 1 heterocycles. The van der Waals surface area contributed by atoms with Crippen molar-refractivity contribution in [1.29, 1.82) is 0 Å². The quantitative estimate of drug-likeness (QED) is 0.458. The Morgan fingerprint density at radius 3 is 2.62 bits per heavy atom. The second-order valence-electron chi connectivity index (χ2n) is 4.35. The smallest absolute Gasteiger partial charge is 0.183 e. The van der Waals surface area contributed by atoms with Gasteiger partial charge in [0.1, 0.15) is 11.6 Å². The van der Waals surface area contributed by atoms with Crippen molar-refractivity contribution in [2.24, 2.45) is 0 Å². The Balaban J connectivity index is 2.41. The number of hydrogen-bond acceptors (Lipinski definition) is 1. The molecule has 21 heavy (non-hydrogen) atoms. The number of hydrogen-bond donors (Lipinski definition) is 0. The minimum Gasteiger partial charge on any atom is -0.292 e. The molecule has 0 bridgehead atoms. The molecular weight excluding hydrogens is 369 g/mol. The van der Waals surface area contributed by atoms with Crippen molar-refractivity contribution in [1.82, 2.24) is 9.55 Å². The lowest BCUT2D eigenvalue weighted by Crippen LogP contribution is -2.04. The Labute approximate surface area is 131 Å². The summed E-state index contributed by atoms with van der Waals surface area (Å²) in [5.41, 5.74) is 0.797. The van der Waals surface area contributed by atoms with Gasteiger partial charge in [-0.25, -0.2) is 18.2 Å². The maximum atomic E-state index is 14.0. The van der Waals surface area contributed by atoms with Crippen LogP contribution in [0.2, 0.25) is 0 Å². The van der Waals surface area contributed by atoms with E-state index in [1.807, 2.05) is 0 Å². The van der Waals surface area contributed by atoms with Gasteiger partial charge < -0.3 is 0 Å². The van der Waals surface area contributed by atoms with Crippen LogP contribution in [0, 0.1) is 17.5 Å². The fraction of sp³-hybridized carbons (Fsp3) is 0.0714. The van der Waals surface area contributed by atoms with Crippen LogP contribution in [0.25, 0.3) is 16.7 Å². The molecule has 0 saturated heterocycles. The summed E-state index contributed by atoms with van der Waals surface area (Å²) in [7, 11) is 0. The van der Waals surface area contributed by atoms with E-state index in [1.165, 1.54) is 4.57 Å². The van der Waals surface area contributed by atoms with E-state index in [0.717, 1.165) is 10.5 Å². The Kier molecular flexibility index (Phi) is 3.67. The summed E-state index contributed by atoms with van der Waals surface area (Å²) in [5, 5.41) is 0. The maximum Gasteiger partial charge on any atom is 0.183 e. The lowest BCUT2D eigenvalue weighted by Gasteiger charge is -2.10. The molecule has 108 valence electrons. The van der Waals surface area contributed by atoms with Crippen molar-refractivity contribution in [3.63, 3.8) is 0 Å². The van der Waals surface area contributed by atoms with Crippen molar-refractivity contribution >= 4 is 38.6 Å². The van der Waals surface area contributed by atoms with Crippen molar-refractivity contribution < 1.29 is 13.2 Å². The number of aromatic nitrogens is 2. The van der Waals surface area contributed by atoms with Crippen molar-refractivity contribution in [3.05, 3.63) is 58.1 Å². The van der Waals surface area contributed by atoms with Crippen LogP contribution in [-0.4, -0.2) is 9.55 Å². The van der Waals surface area contributed by atoms with Gasteiger partial charge in [0.2, 0.25) is 0 Å². The lowest BCUT2D eigenvalue weighted by molar-refractivity contribution is 0.490. The predicted molar refractivity (Wildman–Crippen MR) is 78.2 cm³/mol. The van der Waals surface area contributed by atoms with E-state index in [2.05, 4.69) is 20.9 Å². The number of fused-ring (bicyclic) bond motifs is 1. The average molecular weight is 376 g/mol. The Morgan fingerprint density at radius 2 is 1.90 bits per heavy atom. The van der Waals surface area contributed by atoms with Gasteiger partial charge >= 0.3 is 0 Å². The van der Waals surface area contributed by atoms with Gasteiger partial charge in [-0.05, 0) is 18.2 Å². The number of benzene rings is 2. The van der Waals surface area contributed by atoms with Crippen LogP contribution >= 0.6 is 27.5 Å². The largest absolute Gasteiger partial charge is 0.292 e. The van der Waals surface area contributed by atoms with Gasteiger partial charge in [0, 0.05) is 16.6 Å². The van der Waals surface area contributed by atoms with E-state index < -0.39 is 17.5 Å². The molecular formula is C14H7BrClF3N2. The monoisotopic (exact) mass is 374 g/mol. The average Bonchev–Trinajstić information content (AvgIpc) is 2.80. The van der Waals surface area contributed by atoms with E-state index in [9.17, 15) is 13.2 Å². The standard InChI is InChI=1S/C14H7BrClF3N2/c15-7-1-2-10-11(3-7)21(13(6-16)20-10)12-5-8(17)4-9(18)14(12)19/h1-5H,6H2. The van der Waals surface area contributed by atoms with Crippen LogP contribution < -0.4 is 0 Å². The first-order valence-corrected chi connectivity index (χ1v) is 7.22. The lowest BCUT2D eigenvalue weighted by atomic mass is 10.2. The third kappa shape index (κ3) is 2.42. The van der Waals surface area contributed by atoms with Gasteiger partial charge in [-0.2, -0.15) is 0 Å². The molecule has 0 unspecified atom stereocenters. The molecule has 0 fully saturated rings. The molecule has 2 aromatic carbocycles. The molecule has 0 aliphatic heterocycles. The predicted octanol–water partition coefficient (Wildman–Crippen LogP) is 4.94. The summed E-state index contributed by atoms with van der Waals surface area (Å²) in [6.45, 7) is 0. The minimum atomic E-state index is -1.26. The molecule has 0 spiro atoms. The summed E-state index contributed by atoms with van der Waals surface area (Å²) in [5.74, 6) is -3.01. The summed E-state index contributed by atoms with van der Waals surface area (Å²) < 4.78 is 43.0. The van der Waals surface area contributed by atoms with Crippen LogP contribution in [0.4, 0.5) is 13.2 Å². The first kappa shape index (κ1) is 14.4. The van der Waals surface area contributed by atoms with Crippen molar-refractivity contribution in [3.8, 4) is 5.69 Å². The molecule has 0 amide bonds. The molecule has 7 heteroatoms. The summed E-state index contributed by atoms with van der Waals surface area (Å²) in [6.07, 6.45) is 0. The number of alkyl halides is 1. The van der Waals surface area contributed by atoms with Crippen LogP contribution in [0.1, 0.15) is 5.82 Å². The normalized spacial score (nSPS) is 11.3. The highest BCUT2D eigenvalue weighted by Gasteiger charge is 2.18. The van der Waals surface area contributed by atoms with Gasteiger partial charge in [-0.1, -0.05) is 15.9 Å². The fourth-order valence-electron chi connectivity index (χ4n) is 2.16. The van der Waals surface area contributed by atoms with Gasteiger partial charge in [-0.15, -0.1) is 11.6 Å². The number of nitrogens with zero attached hydrogens (tertiary/aromatic N) is 2. The molecule has 1 aromatic heterocycles. The molecule has 2 nitrogen and oxygen atoms in total. The second kappa shape index (κ2) is 5.35. The maximum absolute atomic E-state index is 14.0. The summed E-state index contributed by atoms with van der Waals surface area (Å²) >= 11 is 9.12. The second-order valence-corrected chi connectivity index (χ2v) is 5.53. The Bertz CT molecular complexity index is 848. The topological polar surface area (TPSA) is 17.8 Å². The van der Waals surface area contributed by atoms with E-state index in [4.69, 9.17) is 11.6 Å². The summed E-state index contributed by atoms with van der Waals surface area (Å²) in [4.78, 5) is 4.25. The molecule has 3 aromatic rings. The molecule has 3 rings (SSSR count). The van der Waals surface area contributed by atoms with Crippen LogP contribution in [0.15, 0.2) is 34.8 Å². The van der Waals surface area contributed by atoms with E-state index >= 15 is 0 Å². The summed E-state index contributed by atoms with van der Waals surface area (Å²) in [6, 6.07) is 6.56. The fourth-order valence-corrected chi connectivity index (χ4v) is 2.69. The van der Waals surface area contributed by atoms with Crippen LogP contribution in [-0.2, 0) is 5.88 Å². The van der Waals surface area contributed by atoms with Crippen molar-refractivity contribution in [2.45, 2.75) is 5.88 Å². The third-order valence-corrected chi connectivity index (χ3v) is 3.75. The molecule has 0 radical (unpaired) electrons. The SMILES string of the molecule is Fc1cc(F)c(F)c(-n2c(CCl)nc3ccc(Br)cc32)c1. The van der Waals surface area contributed by atoms with E-state index in [0.29, 0.717) is 22.9 Å². The Hall–Kier alpha value is -1.53. The van der Waals surface area contributed by atoms with Crippen LogP contribution in [0.3, 0.4) is 0 Å². The molecule has 0 aliphatic carbocycles. The van der Waals surface area contributed by atoms with Crippen LogP contribution in [0.5, 0.6) is 0 Å². The first-order chi connectivity index (χ1) is 10.0. The van der Waals surface area contributed by atoms with Gasteiger partial charge in [-0.3, -0.25) is 4.57 Å². The number of halogens is 5.